The number of ether oxygens (including phenoxy) is 1. The quantitative estimate of drug-likeness (QED) is 0.354. The van der Waals surface area contributed by atoms with Crippen molar-refractivity contribution in [3.05, 3.63) is 64.1 Å². The molecule has 14 heteroatoms. The van der Waals surface area contributed by atoms with Gasteiger partial charge in [-0.15, -0.1) is 0 Å². The van der Waals surface area contributed by atoms with Crippen LogP contribution in [0.5, 0.6) is 0 Å². The molecule has 33 heavy (non-hydrogen) atoms. The lowest BCUT2D eigenvalue weighted by Crippen LogP contribution is -2.30. The van der Waals surface area contributed by atoms with Gasteiger partial charge in [-0.2, -0.15) is 9.61 Å². The van der Waals surface area contributed by atoms with E-state index in [1.165, 1.54) is 6.07 Å². The lowest BCUT2D eigenvalue weighted by molar-refractivity contribution is -0.116. The fraction of sp³-hybridized carbons (Fsp3) is 0.158. The van der Waals surface area contributed by atoms with E-state index in [2.05, 4.69) is 25.1 Å². The molecular weight excluding hydrogens is 444 g/mol. The van der Waals surface area contributed by atoms with Crippen LogP contribution in [0.15, 0.2) is 41.3 Å². The van der Waals surface area contributed by atoms with Crippen LogP contribution in [0, 0.1) is 5.82 Å². The van der Waals surface area contributed by atoms with Crippen LogP contribution in [0.1, 0.15) is 16.2 Å². The summed E-state index contributed by atoms with van der Waals surface area (Å²) in [5, 5.41) is 6.22. The van der Waals surface area contributed by atoms with E-state index in [4.69, 9.17) is 7.85 Å². The standard InChI is InChI=1S/C19H12BF3N6O4/c1-33-18(32)11-6-15-28(8-14(30)26-13-5-2-9(21)7-24-13)17(31)10-3-4-12(19(20,22)23)25-16(10)29(15)27-11/h2-7H,8H2,1H3,(H,24,26,30). The van der Waals surface area contributed by atoms with Gasteiger partial charge in [0, 0.05) is 6.07 Å². The molecule has 166 valence electrons. The third-order valence-corrected chi connectivity index (χ3v) is 4.55. The van der Waals surface area contributed by atoms with E-state index >= 15 is 0 Å². The molecule has 0 saturated carbocycles. The van der Waals surface area contributed by atoms with Crippen molar-refractivity contribution in [2.24, 2.45) is 0 Å². The van der Waals surface area contributed by atoms with Crippen molar-refractivity contribution in [2.45, 2.75) is 12.4 Å². The van der Waals surface area contributed by atoms with Crippen LogP contribution in [0.25, 0.3) is 16.7 Å². The molecular formula is C19H12BF3N6O4. The van der Waals surface area contributed by atoms with Crippen molar-refractivity contribution in [1.29, 1.82) is 0 Å². The average Bonchev–Trinajstić information content (AvgIpc) is 3.22. The van der Waals surface area contributed by atoms with E-state index in [-0.39, 0.29) is 28.2 Å². The predicted octanol–water partition coefficient (Wildman–Crippen LogP) is 1.22. The molecule has 0 aromatic carbocycles. The third kappa shape index (κ3) is 4.14. The summed E-state index contributed by atoms with van der Waals surface area (Å²) >= 11 is 0. The Morgan fingerprint density at radius 1 is 1.24 bits per heavy atom. The van der Waals surface area contributed by atoms with E-state index in [0.717, 1.165) is 46.7 Å². The molecule has 0 bridgehead atoms. The van der Waals surface area contributed by atoms with Crippen molar-refractivity contribution in [3.63, 3.8) is 0 Å². The number of esters is 1. The van der Waals surface area contributed by atoms with Gasteiger partial charge in [0.2, 0.25) is 11.7 Å². The second-order valence-corrected chi connectivity index (χ2v) is 6.78. The Morgan fingerprint density at radius 2 is 2.00 bits per heavy atom. The van der Waals surface area contributed by atoms with Crippen molar-refractivity contribution < 1.29 is 27.5 Å². The Hall–Kier alpha value is -4.23. The lowest BCUT2D eigenvalue weighted by Gasteiger charge is -2.13. The maximum absolute atomic E-state index is 13.6. The normalized spacial score (nSPS) is 11.6. The summed E-state index contributed by atoms with van der Waals surface area (Å²) in [6.45, 7) is -0.571. The number of hydrogen-bond acceptors (Lipinski definition) is 7. The highest BCUT2D eigenvalue weighted by molar-refractivity contribution is 6.13. The number of pyridine rings is 2. The number of methoxy groups -OCH3 is 1. The van der Waals surface area contributed by atoms with Crippen LogP contribution in [-0.4, -0.2) is 51.0 Å². The first-order valence-electron chi connectivity index (χ1n) is 9.18. The minimum Gasteiger partial charge on any atom is -0.464 e. The van der Waals surface area contributed by atoms with Crippen LogP contribution in [0.2, 0.25) is 0 Å². The molecule has 4 heterocycles. The zero-order valence-corrected chi connectivity index (χ0v) is 16.8. The Labute approximate surface area is 183 Å². The number of carbonyl (C=O) groups is 2. The minimum absolute atomic E-state index is 0.0338. The molecule has 4 aromatic heterocycles. The Morgan fingerprint density at radius 3 is 2.64 bits per heavy atom. The van der Waals surface area contributed by atoms with Gasteiger partial charge in [-0.3, -0.25) is 14.2 Å². The van der Waals surface area contributed by atoms with Crippen LogP contribution < -0.4 is 10.9 Å². The van der Waals surface area contributed by atoms with E-state index in [1.54, 1.807) is 0 Å². The Kier molecular flexibility index (Phi) is 5.35. The number of halogens is 3. The lowest BCUT2D eigenvalue weighted by atomic mass is 9.95. The highest BCUT2D eigenvalue weighted by atomic mass is 19.3. The highest BCUT2D eigenvalue weighted by Crippen LogP contribution is 2.24. The molecule has 0 unspecified atom stereocenters. The van der Waals surface area contributed by atoms with Gasteiger partial charge in [-0.1, -0.05) is 0 Å². The first-order valence-corrected chi connectivity index (χ1v) is 9.18. The largest absolute Gasteiger partial charge is 0.464 e. The number of hydrogen-bond donors (Lipinski definition) is 1. The SMILES string of the molecule is [B]C(F)(F)c1ccc2c(=O)n(CC(=O)Nc3ccc(F)cn3)c3cc(C(=O)OC)nn3c2n1. The summed E-state index contributed by atoms with van der Waals surface area (Å²) in [6.07, 6.45) is 0.895. The number of fused-ring (bicyclic) bond motifs is 3. The fourth-order valence-corrected chi connectivity index (χ4v) is 3.06. The van der Waals surface area contributed by atoms with E-state index in [1.807, 2.05) is 0 Å². The summed E-state index contributed by atoms with van der Waals surface area (Å²) in [7, 11) is 5.92. The fourth-order valence-electron chi connectivity index (χ4n) is 3.06. The van der Waals surface area contributed by atoms with Crippen LogP contribution in [0.4, 0.5) is 19.0 Å². The smallest absolute Gasteiger partial charge is 0.358 e. The third-order valence-electron chi connectivity index (χ3n) is 4.55. The van der Waals surface area contributed by atoms with Crippen molar-refractivity contribution in [2.75, 3.05) is 12.4 Å². The molecule has 0 atom stereocenters. The summed E-state index contributed by atoms with van der Waals surface area (Å²) in [4.78, 5) is 45.0. The molecule has 1 amide bonds. The minimum atomic E-state index is -3.80. The molecule has 0 fully saturated rings. The van der Waals surface area contributed by atoms with Gasteiger partial charge in [-0.05, 0) is 24.3 Å². The number of aromatic nitrogens is 5. The van der Waals surface area contributed by atoms with E-state index in [9.17, 15) is 27.6 Å². The average molecular weight is 456 g/mol. The zero-order valence-electron chi connectivity index (χ0n) is 16.8. The van der Waals surface area contributed by atoms with Gasteiger partial charge in [0.25, 0.3) is 5.56 Å². The van der Waals surface area contributed by atoms with Gasteiger partial charge in [0.05, 0.1) is 18.7 Å². The van der Waals surface area contributed by atoms with Crippen molar-refractivity contribution in [3.8, 4) is 0 Å². The Balaban J connectivity index is 1.87. The molecule has 4 rings (SSSR count). The summed E-state index contributed by atoms with van der Waals surface area (Å²) < 4.78 is 46.8. The molecule has 0 saturated heterocycles. The maximum atomic E-state index is 13.6. The highest BCUT2D eigenvalue weighted by Gasteiger charge is 2.27. The maximum Gasteiger partial charge on any atom is 0.358 e. The number of anilines is 1. The van der Waals surface area contributed by atoms with Crippen LogP contribution in [0.3, 0.4) is 0 Å². The van der Waals surface area contributed by atoms with Crippen molar-refractivity contribution in [1.82, 2.24) is 24.1 Å². The number of nitrogens with zero attached hydrogens (tertiary/aromatic N) is 5. The first kappa shape index (κ1) is 22.0. The molecule has 4 aromatic rings. The predicted molar refractivity (Wildman–Crippen MR) is 109 cm³/mol. The number of nitrogens with one attached hydrogen (secondary N) is 1. The monoisotopic (exact) mass is 456 g/mol. The number of amides is 1. The molecule has 1 N–H and O–H groups in total. The first-order chi connectivity index (χ1) is 15.6. The Bertz CT molecular complexity index is 1460. The van der Waals surface area contributed by atoms with Gasteiger partial charge in [0.15, 0.2) is 19.2 Å². The molecule has 0 spiro atoms. The molecule has 10 nitrogen and oxygen atoms in total. The molecule has 0 aliphatic carbocycles. The topological polar surface area (TPSA) is 120 Å². The molecule has 0 aliphatic heterocycles. The van der Waals surface area contributed by atoms with Gasteiger partial charge >= 0.3 is 5.97 Å². The van der Waals surface area contributed by atoms with E-state index in [0.29, 0.717) is 0 Å². The number of rotatable bonds is 5. The van der Waals surface area contributed by atoms with E-state index < -0.39 is 41.3 Å². The molecule has 2 radical (unpaired) electrons. The van der Waals surface area contributed by atoms with Gasteiger partial charge < -0.3 is 10.1 Å². The van der Waals surface area contributed by atoms with Gasteiger partial charge in [-0.25, -0.2) is 27.9 Å². The summed E-state index contributed by atoms with van der Waals surface area (Å²) in [5.41, 5.74) is -2.26. The van der Waals surface area contributed by atoms with Gasteiger partial charge in [0.1, 0.15) is 29.5 Å². The van der Waals surface area contributed by atoms with Crippen molar-refractivity contribution >= 4 is 42.2 Å². The van der Waals surface area contributed by atoms with Crippen LogP contribution >= 0.6 is 0 Å². The number of carbonyl (C=O) groups excluding carboxylic acids is 2. The second kappa shape index (κ2) is 8.04. The molecule has 0 aliphatic rings. The summed E-state index contributed by atoms with van der Waals surface area (Å²) in [5.74, 6) is -5.95. The number of alkyl halides is 2. The summed E-state index contributed by atoms with van der Waals surface area (Å²) in [6, 6.07) is 5.38. The zero-order chi connectivity index (χ0) is 23.9. The second-order valence-electron chi connectivity index (χ2n) is 6.78. The van der Waals surface area contributed by atoms with Crippen LogP contribution in [-0.2, 0) is 21.9 Å².